The number of nitrogens with zero attached hydrogens (tertiary/aromatic N) is 1. The number of aliphatic carboxylic acids is 1. The van der Waals surface area contributed by atoms with Crippen LogP contribution < -0.4 is 5.73 Å². The largest absolute Gasteiger partial charge is 0.490 e. The van der Waals surface area contributed by atoms with Gasteiger partial charge in [-0.2, -0.15) is 13.2 Å². The molecule has 0 unspecified atom stereocenters. The molecule has 1 amide bonds. The first-order chi connectivity index (χ1) is 11.9. The number of hydrogen-bond acceptors (Lipinski definition) is 3. The Bertz CT molecular complexity index is 628. The normalized spacial score (nSPS) is 15.1. The van der Waals surface area contributed by atoms with E-state index in [1.54, 1.807) is 0 Å². The lowest BCUT2D eigenvalue weighted by Gasteiger charge is -2.28. The van der Waals surface area contributed by atoms with Gasteiger partial charge >= 0.3 is 12.1 Å². The van der Waals surface area contributed by atoms with E-state index in [4.69, 9.17) is 15.6 Å². The molecule has 0 spiro atoms. The monoisotopic (exact) mass is 374 g/mol. The summed E-state index contributed by atoms with van der Waals surface area (Å²) in [5, 5.41) is 7.12. The summed E-state index contributed by atoms with van der Waals surface area (Å²) in [7, 11) is 0. The first-order valence-corrected chi connectivity index (χ1v) is 8.35. The molecule has 1 aliphatic carbocycles. The summed E-state index contributed by atoms with van der Waals surface area (Å²) in [6.07, 6.45) is -2.86. The van der Waals surface area contributed by atoms with E-state index in [0.717, 1.165) is 12.8 Å². The lowest BCUT2D eigenvalue weighted by atomic mass is 10.0. The second kappa shape index (κ2) is 9.02. The highest BCUT2D eigenvalue weighted by Gasteiger charge is 2.38. The van der Waals surface area contributed by atoms with Crippen LogP contribution >= 0.6 is 0 Å². The standard InChI is InChI=1S/C16H24N2O.C2HF3O2/c1-11(2)15(17)16(19)18(14-8-9-14)10-13-7-5-4-6-12(13)3;3-2(4,5)1(6)7/h4-7,11,14-15H,8-10,17H2,1-3H3;(H,6,7)/t15-;/m0./s1. The van der Waals surface area contributed by atoms with Crippen molar-refractivity contribution in [2.75, 3.05) is 0 Å². The van der Waals surface area contributed by atoms with Gasteiger partial charge in [-0.15, -0.1) is 0 Å². The maximum Gasteiger partial charge on any atom is 0.490 e. The Balaban J connectivity index is 0.000000412. The highest BCUT2D eigenvalue weighted by Crippen LogP contribution is 2.29. The number of alkyl halides is 3. The Kier molecular flexibility index (Phi) is 7.62. The van der Waals surface area contributed by atoms with E-state index in [1.807, 2.05) is 30.9 Å². The van der Waals surface area contributed by atoms with Crippen LogP contribution in [-0.4, -0.2) is 40.1 Å². The maximum absolute atomic E-state index is 12.5. The molecular formula is C18H25F3N2O3. The van der Waals surface area contributed by atoms with Gasteiger partial charge in [0.2, 0.25) is 5.91 Å². The Morgan fingerprint density at radius 2 is 1.77 bits per heavy atom. The number of benzene rings is 1. The van der Waals surface area contributed by atoms with E-state index in [9.17, 15) is 18.0 Å². The van der Waals surface area contributed by atoms with E-state index in [-0.39, 0.29) is 17.9 Å². The Labute approximate surface area is 151 Å². The molecule has 0 heterocycles. The average Bonchev–Trinajstić information content (AvgIpc) is 3.37. The predicted octanol–water partition coefficient (Wildman–Crippen LogP) is 3.10. The minimum atomic E-state index is -5.08. The van der Waals surface area contributed by atoms with Gasteiger partial charge in [0.15, 0.2) is 0 Å². The molecule has 2 rings (SSSR count). The molecule has 0 aliphatic heterocycles. The zero-order valence-corrected chi connectivity index (χ0v) is 15.1. The number of rotatable bonds is 5. The number of halogens is 3. The smallest absolute Gasteiger partial charge is 0.475 e. The van der Waals surface area contributed by atoms with Gasteiger partial charge in [-0.1, -0.05) is 38.1 Å². The third-order valence-electron chi connectivity index (χ3n) is 4.12. The van der Waals surface area contributed by atoms with Crippen molar-refractivity contribution < 1.29 is 27.9 Å². The molecule has 8 heteroatoms. The van der Waals surface area contributed by atoms with E-state index >= 15 is 0 Å². The molecule has 0 radical (unpaired) electrons. The SMILES string of the molecule is Cc1ccccc1CN(C(=O)[C@@H](N)C(C)C)C1CC1.O=C(O)C(F)(F)F. The van der Waals surface area contributed by atoms with E-state index in [0.29, 0.717) is 12.6 Å². The molecule has 26 heavy (non-hydrogen) atoms. The van der Waals surface area contributed by atoms with Crippen molar-refractivity contribution in [1.29, 1.82) is 0 Å². The average molecular weight is 374 g/mol. The van der Waals surface area contributed by atoms with Gasteiger partial charge in [0, 0.05) is 12.6 Å². The third kappa shape index (κ3) is 6.67. The Morgan fingerprint density at radius 3 is 2.15 bits per heavy atom. The van der Waals surface area contributed by atoms with Crippen LogP contribution in [0, 0.1) is 12.8 Å². The highest BCUT2D eigenvalue weighted by molar-refractivity contribution is 5.82. The fraction of sp³-hybridized carbons (Fsp3) is 0.556. The second-order valence-electron chi connectivity index (χ2n) is 6.70. The summed E-state index contributed by atoms with van der Waals surface area (Å²) in [5.41, 5.74) is 8.48. The number of carbonyl (C=O) groups excluding carboxylic acids is 1. The van der Waals surface area contributed by atoms with Gasteiger partial charge in [0.05, 0.1) is 6.04 Å². The molecule has 3 N–H and O–H groups in total. The van der Waals surface area contributed by atoms with Crippen molar-refractivity contribution in [1.82, 2.24) is 4.90 Å². The molecule has 1 saturated carbocycles. The molecule has 1 aliphatic rings. The summed E-state index contributed by atoms with van der Waals surface area (Å²) >= 11 is 0. The number of aryl methyl sites for hydroxylation is 1. The van der Waals surface area contributed by atoms with Gasteiger partial charge in [-0.05, 0) is 36.8 Å². The summed E-state index contributed by atoms with van der Waals surface area (Å²) in [5.74, 6) is -2.47. The first kappa shape index (κ1) is 22.0. The molecule has 1 atom stereocenters. The van der Waals surface area contributed by atoms with Crippen molar-refractivity contribution in [2.24, 2.45) is 11.7 Å². The zero-order chi connectivity index (χ0) is 20.1. The van der Waals surface area contributed by atoms with Crippen LogP contribution in [0.2, 0.25) is 0 Å². The van der Waals surface area contributed by atoms with Crippen molar-refractivity contribution in [3.8, 4) is 0 Å². The fourth-order valence-electron chi connectivity index (χ4n) is 2.22. The van der Waals surface area contributed by atoms with Crippen LogP contribution in [0.3, 0.4) is 0 Å². The minimum absolute atomic E-state index is 0.0979. The van der Waals surface area contributed by atoms with Crippen molar-refractivity contribution in [3.05, 3.63) is 35.4 Å². The third-order valence-corrected chi connectivity index (χ3v) is 4.12. The Morgan fingerprint density at radius 1 is 1.27 bits per heavy atom. The number of nitrogens with two attached hydrogens (primary N) is 1. The lowest BCUT2D eigenvalue weighted by molar-refractivity contribution is -0.192. The van der Waals surface area contributed by atoms with Gasteiger partial charge in [-0.25, -0.2) is 4.79 Å². The van der Waals surface area contributed by atoms with Crippen LogP contribution in [0.15, 0.2) is 24.3 Å². The first-order valence-electron chi connectivity index (χ1n) is 8.35. The van der Waals surface area contributed by atoms with Gasteiger partial charge < -0.3 is 15.7 Å². The van der Waals surface area contributed by atoms with Gasteiger partial charge in [0.1, 0.15) is 0 Å². The molecule has 0 saturated heterocycles. The summed E-state index contributed by atoms with van der Waals surface area (Å²) < 4.78 is 31.7. The van der Waals surface area contributed by atoms with Gasteiger partial charge in [0.25, 0.3) is 0 Å². The van der Waals surface area contributed by atoms with E-state index < -0.39 is 12.1 Å². The van der Waals surface area contributed by atoms with Crippen molar-refractivity contribution in [2.45, 2.75) is 58.4 Å². The Hall–Kier alpha value is -2.09. The second-order valence-corrected chi connectivity index (χ2v) is 6.70. The predicted molar refractivity (Wildman–Crippen MR) is 91.3 cm³/mol. The minimum Gasteiger partial charge on any atom is -0.475 e. The van der Waals surface area contributed by atoms with Crippen LogP contribution in [0.1, 0.15) is 37.8 Å². The molecule has 5 nitrogen and oxygen atoms in total. The van der Waals surface area contributed by atoms with Crippen molar-refractivity contribution >= 4 is 11.9 Å². The number of hydrogen-bond donors (Lipinski definition) is 2. The summed E-state index contributed by atoms with van der Waals surface area (Å²) in [6, 6.07) is 8.26. The molecule has 146 valence electrons. The molecular weight excluding hydrogens is 349 g/mol. The number of amides is 1. The summed E-state index contributed by atoms with van der Waals surface area (Å²) in [4.78, 5) is 23.4. The van der Waals surface area contributed by atoms with Crippen LogP contribution in [0.5, 0.6) is 0 Å². The molecule has 0 aromatic heterocycles. The number of carbonyl (C=O) groups is 2. The fourth-order valence-corrected chi connectivity index (χ4v) is 2.22. The zero-order valence-electron chi connectivity index (χ0n) is 15.1. The number of carboxylic acid groups (broad SMARTS) is 1. The topological polar surface area (TPSA) is 83.6 Å². The maximum atomic E-state index is 12.5. The van der Waals surface area contributed by atoms with Gasteiger partial charge in [-0.3, -0.25) is 4.79 Å². The lowest BCUT2D eigenvalue weighted by Crippen LogP contribution is -2.47. The van der Waals surface area contributed by atoms with E-state index in [1.165, 1.54) is 11.1 Å². The van der Waals surface area contributed by atoms with Crippen LogP contribution in [-0.2, 0) is 16.1 Å². The number of carboxylic acids is 1. The summed E-state index contributed by atoms with van der Waals surface area (Å²) in [6.45, 7) is 6.78. The van der Waals surface area contributed by atoms with Crippen molar-refractivity contribution in [3.63, 3.8) is 0 Å². The van der Waals surface area contributed by atoms with E-state index in [2.05, 4.69) is 19.1 Å². The molecule has 1 aromatic carbocycles. The molecule has 0 bridgehead atoms. The van der Waals surface area contributed by atoms with Crippen LogP contribution in [0.25, 0.3) is 0 Å². The quantitative estimate of drug-likeness (QED) is 0.830. The highest BCUT2D eigenvalue weighted by atomic mass is 19.4. The molecule has 1 aromatic rings. The van der Waals surface area contributed by atoms with Crippen LogP contribution in [0.4, 0.5) is 13.2 Å². The molecule has 1 fully saturated rings.